The molecule has 1 saturated carbocycles. The highest BCUT2D eigenvalue weighted by molar-refractivity contribution is 7.15. The van der Waals surface area contributed by atoms with Crippen LogP contribution >= 0.6 is 11.3 Å². The van der Waals surface area contributed by atoms with Crippen LogP contribution in [0.15, 0.2) is 4.79 Å². The number of nitrogens with one attached hydrogen (secondary N) is 2. The summed E-state index contributed by atoms with van der Waals surface area (Å²) in [7, 11) is 0. The SMILES string of the molecule is Cc1[nH]c(=O)c(C#N)c(C)c1CCC(=O)Nc1nnc(C2CC2)s1. The van der Waals surface area contributed by atoms with Crippen molar-refractivity contribution in [2.75, 3.05) is 5.32 Å². The molecule has 7 nitrogen and oxygen atoms in total. The lowest BCUT2D eigenvalue weighted by atomic mass is 9.99. The van der Waals surface area contributed by atoms with Crippen LogP contribution in [0, 0.1) is 25.2 Å². The molecule has 0 radical (unpaired) electrons. The topological polar surface area (TPSA) is 112 Å². The summed E-state index contributed by atoms with van der Waals surface area (Å²) in [6.07, 6.45) is 2.99. The first-order valence-electron chi connectivity index (χ1n) is 7.75. The Hall–Kier alpha value is -2.53. The van der Waals surface area contributed by atoms with Gasteiger partial charge in [0.2, 0.25) is 11.0 Å². The van der Waals surface area contributed by atoms with Gasteiger partial charge in [0.25, 0.3) is 5.56 Å². The van der Waals surface area contributed by atoms with Crippen molar-refractivity contribution in [2.45, 2.75) is 45.4 Å². The molecule has 0 unspecified atom stereocenters. The number of aryl methyl sites for hydroxylation is 1. The molecular weight excluding hydrogens is 326 g/mol. The molecule has 0 aromatic carbocycles. The number of carbonyl (C=O) groups excluding carboxylic acids is 1. The number of H-pyrrole nitrogens is 1. The van der Waals surface area contributed by atoms with Crippen LogP contribution in [0.5, 0.6) is 0 Å². The number of nitrogens with zero attached hydrogens (tertiary/aromatic N) is 3. The standard InChI is InChI=1S/C16H17N5O2S/c1-8-11(9(2)18-14(23)12(8)7-17)5-6-13(22)19-16-21-20-15(24-16)10-3-4-10/h10H,3-6H2,1-2H3,(H,18,23)(H,19,21,22). The van der Waals surface area contributed by atoms with Gasteiger partial charge in [0.1, 0.15) is 16.6 Å². The first-order valence-corrected chi connectivity index (χ1v) is 8.57. The maximum absolute atomic E-state index is 12.1. The third-order valence-corrected chi connectivity index (χ3v) is 5.14. The van der Waals surface area contributed by atoms with Crippen molar-refractivity contribution in [3.63, 3.8) is 0 Å². The molecular formula is C16H17N5O2S. The summed E-state index contributed by atoms with van der Waals surface area (Å²) < 4.78 is 0. The molecule has 0 spiro atoms. The summed E-state index contributed by atoms with van der Waals surface area (Å²) in [6.45, 7) is 3.51. The molecule has 0 aliphatic heterocycles. The number of amides is 1. The summed E-state index contributed by atoms with van der Waals surface area (Å²) in [5, 5.41) is 21.4. The van der Waals surface area contributed by atoms with E-state index in [1.54, 1.807) is 13.8 Å². The summed E-state index contributed by atoms with van der Waals surface area (Å²) in [6, 6.07) is 1.92. The fourth-order valence-electron chi connectivity index (χ4n) is 2.62. The fraction of sp³-hybridized carbons (Fsp3) is 0.438. The summed E-state index contributed by atoms with van der Waals surface area (Å²) >= 11 is 1.42. The van der Waals surface area contributed by atoms with Gasteiger partial charge in [-0.1, -0.05) is 11.3 Å². The van der Waals surface area contributed by atoms with Gasteiger partial charge in [-0.3, -0.25) is 9.59 Å². The maximum Gasteiger partial charge on any atom is 0.266 e. The number of aromatic amines is 1. The van der Waals surface area contributed by atoms with Crippen LogP contribution in [0.1, 0.15) is 52.6 Å². The number of nitriles is 1. The van der Waals surface area contributed by atoms with Crippen LogP contribution in [-0.2, 0) is 11.2 Å². The molecule has 2 N–H and O–H groups in total. The minimum atomic E-state index is -0.387. The molecule has 1 aliphatic carbocycles. The van der Waals surface area contributed by atoms with Crippen LogP contribution in [0.3, 0.4) is 0 Å². The van der Waals surface area contributed by atoms with E-state index in [4.69, 9.17) is 5.26 Å². The number of hydrogen-bond acceptors (Lipinski definition) is 6. The summed E-state index contributed by atoms with van der Waals surface area (Å²) in [4.78, 5) is 26.5. The highest BCUT2D eigenvalue weighted by Crippen LogP contribution is 2.42. The largest absolute Gasteiger partial charge is 0.325 e. The average Bonchev–Trinajstić information content (AvgIpc) is 3.27. The van der Waals surface area contributed by atoms with Crippen molar-refractivity contribution in [1.82, 2.24) is 15.2 Å². The normalized spacial score (nSPS) is 13.5. The average molecular weight is 343 g/mol. The third kappa shape index (κ3) is 3.36. The molecule has 0 atom stereocenters. The van der Waals surface area contributed by atoms with Crippen LogP contribution < -0.4 is 10.9 Å². The monoisotopic (exact) mass is 343 g/mol. The van der Waals surface area contributed by atoms with E-state index in [9.17, 15) is 9.59 Å². The minimum Gasteiger partial charge on any atom is -0.325 e. The van der Waals surface area contributed by atoms with Crippen molar-refractivity contribution >= 4 is 22.4 Å². The van der Waals surface area contributed by atoms with Gasteiger partial charge in [0, 0.05) is 18.0 Å². The molecule has 0 saturated heterocycles. The van der Waals surface area contributed by atoms with Gasteiger partial charge in [0.05, 0.1) is 0 Å². The maximum atomic E-state index is 12.1. The first-order chi connectivity index (χ1) is 11.5. The molecule has 1 fully saturated rings. The number of aromatic nitrogens is 3. The zero-order chi connectivity index (χ0) is 17.3. The Kier molecular flexibility index (Phi) is 4.44. The number of anilines is 1. The quantitative estimate of drug-likeness (QED) is 0.864. The van der Waals surface area contributed by atoms with Crippen LogP contribution in [0.4, 0.5) is 5.13 Å². The fourth-order valence-corrected chi connectivity index (χ4v) is 3.55. The van der Waals surface area contributed by atoms with Gasteiger partial charge >= 0.3 is 0 Å². The third-order valence-electron chi connectivity index (χ3n) is 4.14. The zero-order valence-corrected chi connectivity index (χ0v) is 14.3. The lowest BCUT2D eigenvalue weighted by molar-refractivity contribution is -0.116. The molecule has 2 heterocycles. The Bertz CT molecular complexity index is 889. The Morgan fingerprint density at radius 1 is 1.42 bits per heavy atom. The van der Waals surface area contributed by atoms with Gasteiger partial charge in [0.15, 0.2) is 0 Å². The minimum absolute atomic E-state index is 0.106. The number of pyridine rings is 1. The predicted molar refractivity (Wildman–Crippen MR) is 90.1 cm³/mol. The second-order valence-electron chi connectivity index (χ2n) is 5.94. The van der Waals surface area contributed by atoms with Crippen molar-refractivity contribution < 1.29 is 4.79 Å². The van der Waals surface area contributed by atoms with Gasteiger partial charge in [-0.2, -0.15) is 5.26 Å². The van der Waals surface area contributed by atoms with E-state index in [-0.39, 0.29) is 23.5 Å². The highest BCUT2D eigenvalue weighted by atomic mass is 32.1. The molecule has 1 amide bonds. The van der Waals surface area contributed by atoms with Gasteiger partial charge < -0.3 is 10.3 Å². The Labute approximate surface area is 142 Å². The van der Waals surface area contributed by atoms with Crippen LogP contribution in [0.25, 0.3) is 0 Å². The Balaban J connectivity index is 1.65. The molecule has 124 valence electrons. The lowest BCUT2D eigenvalue weighted by Gasteiger charge is -2.10. The van der Waals surface area contributed by atoms with E-state index in [1.807, 2.05) is 6.07 Å². The summed E-state index contributed by atoms with van der Waals surface area (Å²) in [5.74, 6) is 0.362. The van der Waals surface area contributed by atoms with E-state index in [1.165, 1.54) is 11.3 Å². The van der Waals surface area contributed by atoms with Crippen molar-refractivity contribution in [2.24, 2.45) is 0 Å². The van der Waals surface area contributed by atoms with Crippen LogP contribution in [-0.4, -0.2) is 21.1 Å². The second kappa shape index (κ2) is 6.53. The van der Waals surface area contributed by atoms with Crippen molar-refractivity contribution in [3.05, 3.63) is 37.7 Å². The second-order valence-corrected chi connectivity index (χ2v) is 6.95. The van der Waals surface area contributed by atoms with E-state index >= 15 is 0 Å². The van der Waals surface area contributed by atoms with Gasteiger partial charge in [-0.25, -0.2) is 0 Å². The Morgan fingerprint density at radius 3 is 2.83 bits per heavy atom. The predicted octanol–water partition coefficient (Wildman–Crippen LogP) is 2.16. The Morgan fingerprint density at radius 2 is 2.17 bits per heavy atom. The molecule has 0 bridgehead atoms. The van der Waals surface area contributed by atoms with E-state index < -0.39 is 0 Å². The van der Waals surface area contributed by atoms with Gasteiger partial charge in [-0.05, 0) is 44.2 Å². The zero-order valence-electron chi connectivity index (χ0n) is 13.5. The number of carbonyl (C=O) groups is 1. The van der Waals surface area contributed by atoms with Gasteiger partial charge in [-0.15, -0.1) is 10.2 Å². The van der Waals surface area contributed by atoms with Crippen molar-refractivity contribution in [1.29, 1.82) is 5.26 Å². The number of hydrogen-bond donors (Lipinski definition) is 2. The highest BCUT2D eigenvalue weighted by Gasteiger charge is 2.27. The molecule has 8 heteroatoms. The van der Waals surface area contributed by atoms with Crippen molar-refractivity contribution in [3.8, 4) is 6.07 Å². The first kappa shape index (κ1) is 16.3. The molecule has 24 heavy (non-hydrogen) atoms. The molecule has 2 aromatic rings. The van der Waals surface area contributed by atoms with Crippen LogP contribution in [0.2, 0.25) is 0 Å². The van der Waals surface area contributed by atoms with E-state index in [0.29, 0.717) is 28.7 Å². The number of rotatable bonds is 5. The molecule has 3 rings (SSSR count). The smallest absolute Gasteiger partial charge is 0.266 e. The van der Waals surface area contributed by atoms with E-state index in [0.717, 1.165) is 23.4 Å². The molecule has 2 aromatic heterocycles. The lowest BCUT2D eigenvalue weighted by Crippen LogP contribution is -2.18. The summed E-state index contributed by atoms with van der Waals surface area (Å²) in [5.41, 5.74) is 1.88. The van der Waals surface area contributed by atoms with E-state index in [2.05, 4.69) is 20.5 Å². The molecule has 1 aliphatic rings.